The van der Waals surface area contributed by atoms with E-state index >= 15 is 0 Å². The number of carbonyl (C=O) groups excluding carboxylic acids is 4. The Labute approximate surface area is 367 Å². The molecule has 332 valence electrons. The van der Waals surface area contributed by atoms with E-state index in [1.807, 2.05) is 31.1 Å². The molecule has 1 aliphatic heterocycles. The van der Waals surface area contributed by atoms with Gasteiger partial charge in [0.1, 0.15) is 23.7 Å². The molecule has 0 radical (unpaired) electrons. The van der Waals surface area contributed by atoms with Crippen molar-refractivity contribution in [2.24, 2.45) is 17.3 Å². The number of rotatable bonds is 14. The minimum absolute atomic E-state index is 0.0762. The Morgan fingerprint density at radius 3 is 1.95 bits per heavy atom. The van der Waals surface area contributed by atoms with Gasteiger partial charge in [-0.05, 0) is 95.9 Å². The van der Waals surface area contributed by atoms with E-state index in [0.717, 1.165) is 95.2 Å². The second kappa shape index (κ2) is 18.2. The van der Waals surface area contributed by atoms with Gasteiger partial charge in [-0.2, -0.15) is 0 Å². The zero-order valence-electron chi connectivity index (χ0n) is 36.8. The maximum atomic E-state index is 14.0. The SMILES string of the molecule is COC(=O)N[C@H](C(=O)N[C@H](c1ncc(-c2ccc(-c3ccc4cc(-c5cnc([C@@H]6CC7(CC7)CN6C(=O)[C@@H](NC(=O)OC)C(C)OC)[nH]5)ccc4c3)cc2)[nH]1)C1CCCC1)C(C)C. The standard InChI is InChI=1S/C48H58N8O7/c1-27(2)39(54-46(59)62-5)44(57)53-41(31-9-7-8-10-31)43-50-24-36(52-43)30-13-11-29(12-14-30)32-15-16-34-22-35(18-17-33(34)21-32)37-25-49-42(51-37)38-23-48(19-20-48)26-56(38)45(58)40(28(3)61-4)55-47(60)63-6/h11-18,21-22,24-25,27-28,31,38-41H,7-10,19-20,23,26H2,1-6H3,(H,49,51)(H,50,52)(H,53,57)(H,54,59)(H,55,60)/t28?,38-,39-,40-,41-/m0/s1. The Morgan fingerprint density at radius 2 is 1.32 bits per heavy atom. The first-order valence-electron chi connectivity index (χ1n) is 22.0. The number of amides is 4. The number of hydrogen-bond acceptors (Lipinski definition) is 9. The summed E-state index contributed by atoms with van der Waals surface area (Å²) in [6.45, 7) is 6.14. The van der Waals surface area contributed by atoms with E-state index in [1.165, 1.54) is 21.3 Å². The van der Waals surface area contributed by atoms with E-state index < -0.39 is 30.4 Å². The minimum Gasteiger partial charge on any atom is -0.453 e. The van der Waals surface area contributed by atoms with Crippen molar-refractivity contribution in [1.82, 2.24) is 40.8 Å². The van der Waals surface area contributed by atoms with Crippen LogP contribution in [0.1, 0.15) is 89.4 Å². The molecule has 15 nitrogen and oxygen atoms in total. The highest BCUT2D eigenvalue weighted by molar-refractivity contribution is 5.91. The van der Waals surface area contributed by atoms with Gasteiger partial charge in [0.25, 0.3) is 0 Å². The number of aromatic amines is 2. The highest BCUT2D eigenvalue weighted by Crippen LogP contribution is 2.58. The maximum absolute atomic E-state index is 14.0. The molecule has 3 aliphatic rings. The van der Waals surface area contributed by atoms with Gasteiger partial charge in [0.05, 0.1) is 56.2 Å². The summed E-state index contributed by atoms with van der Waals surface area (Å²) in [5, 5.41) is 10.7. The molecular weight excluding hydrogens is 801 g/mol. The number of carbonyl (C=O) groups is 4. The summed E-state index contributed by atoms with van der Waals surface area (Å²) in [7, 11) is 4.08. The van der Waals surface area contributed by atoms with Crippen LogP contribution in [0.25, 0.3) is 44.4 Å². The predicted molar refractivity (Wildman–Crippen MR) is 238 cm³/mol. The van der Waals surface area contributed by atoms with Crippen molar-refractivity contribution in [3.05, 3.63) is 84.7 Å². The number of nitrogens with zero attached hydrogens (tertiary/aromatic N) is 3. The molecule has 3 aromatic carbocycles. The van der Waals surface area contributed by atoms with Crippen LogP contribution in [0.15, 0.2) is 73.1 Å². The quantitative estimate of drug-likeness (QED) is 0.0741. The number of ether oxygens (including phenoxy) is 3. The molecule has 5 aromatic rings. The van der Waals surface area contributed by atoms with Gasteiger partial charge in [-0.15, -0.1) is 0 Å². The number of likely N-dealkylation sites (tertiary alicyclic amines) is 1. The fourth-order valence-corrected chi connectivity index (χ4v) is 9.34. The number of benzene rings is 3. The summed E-state index contributed by atoms with van der Waals surface area (Å²) in [6.07, 6.45) is 8.86. The summed E-state index contributed by atoms with van der Waals surface area (Å²) in [4.78, 5) is 70.1. The highest BCUT2D eigenvalue weighted by atomic mass is 16.5. The molecule has 3 fully saturated rings. The van der Waals surface area contributed by atoms with E-state index in [4.69, 9.17) is 24.2 Å². The van der Waals surface area contributed by atoms with E-state index in [9.17, 15) is 19.2 Å². The summed E-state index contributed by atoms with van der Waals surface area (Å²) in [5.41, 5.74) is 5.92. The van der Waals surface area contributed by atoms with Crippen molar-refractivity contribution >= 4 is 34.8 Å². The number of methoxy groups -OCH3 is 3. The van der Waals surface area contributed by atoms with Gasteiger partial charge >= 0.3 is 12.2 Å². The molecule has 1 unspecified atom stereocenters. The lowest BCUT2D eigenvalue weighted by Gasteiger charge is -2.30. The van der Waals surface area contributed by atoms with Crippen LogP contribution in [-0.4, -0.2) is 94.9 Å². The monoisotopic (exact) mass is 858 g/mol. The maximum Gasteiger partial charge on any atom is 0.407 e. The number of H-pyrrole nitrogens is 2. The van der Waals surface area contributed by atoms with Crippen LogP contribution in [0.3, 0.4) is 0 Å². The largest absolute Gasteiger partial charge is 0.453 e. The van der Waals surface area contributed by atoms with E-state index in [2.05, 4.69) is 86.6 Å². The Balaban J connectivity index is 0.962. The smallest absolute Gasteiger partial charge is 0.407 e. The average Bonchev–Trinajstić information content (AvgIpc) is 3.87. The molecule has 1 saturated heterocycles. The first-order chi connectivity index (χ1) is 30.4. The van der Waals surface area contributed by atoms with Crippen LogP contribution in [-0.2, 0) is 23.8 Å². The van der Waals surface area contributed by atoms with Crippen LogP contribution in [0.5, 0.6) is 0 Å². The topological polar surface area (TPSA) is 193 Å². The molecule has 2 saturated carbocycles. The van der Waals surface area contributed by atoms with E-state index in [1.54, 1.807) is 6.92 Å². The summed E-state index contributed by atoms with van der Waals surface area (Å²) in [6, 6.07) is 18.9. The fraction of sp³-hybridized carbons (Fsp3) is 0.458. The molecule has 15 heteroatoms. The third-order valence-corrected chi connectivity index (χ3v) is 13.4. The fourth-order valence-electron chi connectivity index (χ4n) is 9.34. The minimum atomic E-state index is -0.897. The molecule has 3 heterocycles. The highest BCUT2D eigenvalue weighted by Gasteiger charge is 2.55. The Bertz CT molecular complexity index is 2450. The average molecular weight is 859 g/mol. The lowest BCUT2D eigenvalue weighted by atomic mass is 9.96. The molecule has 1 spiro atoms. The van der Waals surface area contributed by atoms with Crippen LogP contribution in [0.2, 0.25) is 0 Å². The molecular formula is C48H58N8O7. The van der Waals surface area contributed by atoms with Crippen molar-refractivity contribution in [2.75, 3.05) is 27.9 Å². The lowest BCUT2D eigenvalue weighted by molar-refractivity contribution is -0.137. The van der Waals surface area contributed by atoms with Crippen molar-refractivity contribution < 1.29 is 33.4 Å². The first-order valence-corrected chi connectivity index (χ1v) is 22.0. The third-order valence-electron chi connectivity index (χ3n) is 13.4. The summed E-state index contributed by atoms with van der Waals surface area (Å²) in [5.74, 6) is 1.05. The molecule has 63 heavy (non-hydrogen) atoms. The number of nitrogens with one attached hydrogen (secondary N) is 5. The van der Waals surface area contributed by atoms with E-state index in [0.29, 0.717) is 12.4 Å². The lowest BCUT2D eigenvalue weighted by Crippen LogP contribution is -2.54. The van der Waals surface area contributed by atoms with Gasteiger partial charge in [0.15, 0.2) is 0 Å². The van der Waals surface area contributed by atoms with Crippen LogP contribution < -0.4 is 16.0 Å². The summed E-state index contributed by atoms with van der Waals surface area (Å²) >= 11 is 0. The van der Waals surface area contributed by atoms with Gasteiger partial charge in [0.2, 0.25) is 11.8 Å². The molecule has 5 N–H and O–H groups in total. The number of imidazole rings is 2. The Hall–Kier alpha value is -6.22. The van der Waals surface area contributed by atoms with Gasteiger partial charge in [-0.1, -0.05) is 75.2 Å². The zero-order chi connectivity index (χ0) is 44.4. The molecule has 5 atom stereocenters. The second-order valence-electron chi connectivity index (χ2n) is 17.8. The van der Waals surface area contributed by atoms with Crippen LogP contribution in [0.4, 0.5) is 9.59 Å². The number of hydrogen-bond donors (Lipinski definition) is 5. The Morgan fingerprint density at radius 1 is 0.730 bits per heavy atom. The van der Waals surface area contributed by atoms with Gasteiger partial charge in [0, 0.05) is 19.2 Å². The number of alkyl carbamates (subject to hydrolysis) is 2. The van der Waals surface area contributed by atoms with Crippen LogP contribution >= 0.6 is 0 Å². The Kier molecular flexibility index (Phi) is 12.6. The van der Waals surface area contributed by atoms with Gasteiger partial charge in [-0.3, -0.25) is 9.59 Å². The first kappa shape index (κ1) is 43.4. The number of fused-ring (bicyclic) bond motifs is 1. The predicted octanol–water partition coefficient (Wildman–Crippen LogP) is 7.83. The van der Waals surface area contributed by atoms with Gasteiger partial charge in [-0.25, -0.2) is 19.6 Å². The molecule has 4 amide bonds. The molecule has 2 aromatic heterocycles. The molecule has 2 aliphatic carbocycles. The van der Waals surface area contributed by atoms with Crippen molar-refractivity contribution in [3.8, 4) is 33.6 Å². The third kappa shape index (κ3) is 9.29. The molecule has 0 bridgehead atoms. The van der Waals surface area contributed by atoms with E-state index in [-0.39, 0.29) is 41.1 Å². The van der Waals surface area contributed by atoms with Gasteiger partial charge < -0.3 is 45.0 Å². The van der Waals surface area contributed by atoms with Crippen molar-refractivity contribution in [2.45, 2.75) is 96.0 Å². The second-order valence-corrected chi connectivity index (χ2v) is 17.8. The van der Waals surface area contributed by atoms with Crippen molar-refractivity contribution in [1.29, 1.82) is 0 Å². The molecule has 8 rings (SSSR count). The number of aromatic nitrogens is 4. The summed E-state index contributed by atoms with van der Waals surface area (Å²) < 4.78 is 15.1. The van der Waals surface area contributed by atoms with Crippen molar-refractivity contribution in [3.63, 3.8) is 0 Å². The zero-order valence-corrected chi connectivity index (χ0v) is 36.8. The van der Waals surface area contributed by atoms with Crippen LogP contribution in [0, 0.1) is 17.3 Å². The normalized spacial score (nSPS) is 18.8.